The normalized spacial score (nSPS) is 17.7. The number of aliphatic hydroxyl groups excluding tert-OH is 1. The third kappa shape index (κ3) is 3.00. The van der Waals surface area contributed by atoms with Crippen LogP contribution in [0.15, 0.2) is 34.9 Å². The van der Waals surface area contributed by atoms with Crippen LogP contribution in [0.5, 0.6) is 0 Å². The minimum Gasteiger partial charge on any atom is -0.393 e. The first-order valence-corrected chi connectivity index (χ1v) is 6.60. The van der Waals surface area contributed by atoms with Gasteiger partial charge >= 0.3 is 0 Å². The summed E-state index contributed by atoms with van der Waals surface area (Å²) in [5.41, 5.74) is 0.940. The molecule has 0 radical (unpaired) electrons. The monoisotopic (exact) mass is 259 g/mol. The molecule has 1 fully saturated rings. The lowest BCUT2D eigenvalue weighted by molar-refractivity contribution is 0.0777. The van der Waals surface area contributed by atoms with Crippen molar-refractivity contribution in [3.8, 4) is 11.5 Å². The predicted octanol–water partition coefficient (Wildman–Crippen LogP) is 1.69. The summed E-state index contributed by atoms with van der Waals surface area (Å²) in [6.07, 6.45) is 1.49. The Balaban J connectivity index is 1.65. The highest BCUT2D eigenvalue weighted by Gasteiger charge is 2.19. The highest BCUT2D eigenvalue weighted by atomic mass is 16.5. The molecule has 100 valence electrons. The quantitative estimate of drug-likeness (QED) is 0.909. The average molecular weight is 259 g/mol. The van der Waals surface area contributed by atoms with Crippen molar-refractivity contribution in [1.82, 2.24) is 15.0 Å². The van der Waals surface area contributed by atoms with Crippen molar-refractivity contribution in [3.05, 3.63) is 36.2 Å². The van der Waals surface area contributed by atoms with E-state index in [1.807, 2.05) is 30.3 Å². The number of aliphatic hydroxyl groups is 1. The summed E-state index contributed by atoms with van der Waals surface area (Å²) >= 11 is 0. The molecule has 0 aliphatic carbocycles. The molecule has 0 amide bonds. The van der Waals surface area contributed by atoms with Gasteiger partial charge in [0.2, 0.25) is 0 Å². The molecule has 1 aromatic carbocycles. The first kappa shape index (κ1) is 12.3. The first-order chi connectivity index (χ1) is 9.31. The third-order valence-corrected chi connectivity index (χ3v) is 3.41. The lowest BCUT2D eigenvalue weighted by Gasteiger charge is -2.28. The van der Waals surface area contributed by atoms with Crippen LogP contribution in [0, 0.1) is 0 Å². The van der Waals surface area contributed by atoms with Crippen molar-refractivity contribution in [2.45, 2.75) is 25.5 Å². The fourth-order valence-corrected chi connectivity index (χ4v) is 2.29. The van der Waals surface area contributed by atoms with Gasteiger partial charge in [0.1, 0.15) is 0 Å². The van der Waals surface area contributed by atoms with Gasteiger partial charge in [0.15, 0.2) is 5.82 Å². The lowest BCUT2D eigenvalue weighted by atomic mass is 10.1. The van der Waals surface area contributed by atoms with E-state index in [1.165, 1.54) is 0 Å². The van der Waals surface area contributed by atoms with E-state index in [0.29, 0.717) is 18.3 Å². The van der Waals surface area contributed by atoms with Gasteiger partial charge in [-0.3, -0.25) is 4.90 Å². The molecule has 0 atom stereocenters. The molecule has 2 heterocycles. The van der Waals surface area contributed by atoms with Crippen LogP contribution in [0.2, 0.25) is 0 Å². The summed E-state index contributed by atoms with van der Waals surface area (Å²) in [5.74, 6) is 1.27. The van der Waals surface area contributed by atoms with Gasteiger partial charge in [0.05, 0.1) is 12.6 Å². The number of aromatic nitrogens is 2. The lowest BCUT2D eigenvalue weighted by Crippen LogP contribution is -2.35. The number of benzene rings is 1. The van der Waals surface area contributed by atoms with E-state index in [1.54, 1.807) is 0 Å². The third-order valence-electron chi connectivity index (χ3n) is 3.41. The number of rotatable bonds is 3. The van der Waals surface area contributed by atoms with Crippen LogP contribution in [0.1, 0.15) is 18.7 Å². The fraction of sp³-hybridized carbons (Fsp3) is 0.429. The Hall–Kier alpha value is -1.72. The van der Waals surface area contributed by atoms with Crippen molar-refractivity contribution in [3.63, 3.8) is 0 Å². The largest absolute Gasteiger partial charge is 0.393 e. The molecule has 3 rings (SSSR count). The van der Waals surface area contributed by atoms with Crippen LogP contribution in [0.4, 0.5) is 0 Å². The van der Waals surface area contributed by atoms with Gasteiger partial charge in [-0.1, -0.05) is 23.4 Å². The van der Waals surface area contributed by atoms with E-state index >= 15 is 0 Å². The van der Waals surface area contributed by atoms with Gasteiger partial charge in [-0.05, 0) is 25.0 Å². The molecule has 0 bridgehead atoms. The molecule has 0 spiro atoms. The maximum absolute atomic E-state index is 9.47. The minimum atomic E-state index is -0.151. The van der Waals surface area contributed by atoms with Gasteiger partial charge in [-0.15, -0.1) is 0 Å². The maximum atomic E-state index is 9.47. The zero-order valence-corrected chi connectivity index (χ0v) is 10.7. The standard InChI is InChI=1S/C14H17N3O2/c18-12-6-8-17(9-7-12)10-13-15-14(19-16-13)11-4-2-1-3-5-11/h1-5,12,18H,6-10H2. The number of hydrogen-bond donors (Lipinski definition) is 1. The summed E-state index contributed by atoms with van der Waals surface area (Å²) in [4.78, 5) is 6.65. The van der Waals surface area contributed by atoms with E-state index in [2.05, 4.69) is 15.0 Å². The second kappa shape index (κ2) is 5.50. The summed E-state index contributed by atoms with van der Waals surface area (Å²) < 4.78 is 5.28. The zero-order chi connectivity index (χ0) is 13.1. The number of likely N-dealkylation sites (tertiary alicyclic amines) is 1. The van der Waals surface area contributed by atoms with Crippen LogP contribution < -0.4 is 0 Å². The molecule has 19 heavy (non-hydrogen) atoms. The Bertz CT molecular complexity index is 518. The Morgan fingerprint density at radius 1 is 1.21 bits per heavy atom. The van der Waals surface area contributed by atoms with E-state index < -0.39 is 0 Å². The SMILES string of the molecule is OC1CCN(Cc2noc(-c3ccccc3)n2)CC1. The van der Waals surface area contributed by atoms with Crippen LogP contribution >= 0.6 is 0 Å². The van der Waals surface area contributed by atoms with Crippen molar-refractivity contribution >= 4 is 0 Å². The predicted molar refractivity (Wildman–Crippen MR) is 70.3 cm³/mol. The van der Waals surface area contributed by atoms with Crippen LogP contribution in [-0.2, 0) is 6.54 Å². The van der Waals surface area contributed by atoms with Crippen molar-refractivity contribution in [2.24, 2.45) is 0 Å². The molecular weight excluding hydrogens is 242 g/mol. The Morgan fingerprint density at radius 3 is 2.68 bits per heavy atom. The van der Waals surface area contributed by atoms with Gasteiger partial charge in [0, 0.05) is 18.7 Å². The maximum Gasteiger partial charge on any atom is 0.257 e. The highest BCUT2D eigenvalue weighted by Crippen LogP contribution is 2.18. The Kier molecular flexibility index (Phi) is 3.57. The molecule has 5 heteroatoms. The molecule has 2 aromatic rings. The molecule has 1 aromatic heterocycles. The summed E-state index contributed by atoms with van der Waals surface area (Å²) in [6.45, 7) is 2.45. The van der Waals surface area contributed by atoms with Gasteiger partial charge in [-0.25, -0.2) is 0 Å². The number of hydrogen-bond acceptors (Lipinski definition) is 5. The summed E-state index contributed by atoms with van der Waals surface area (Å²) in [6, 6.07) is 9.76. The smallest absolute Gasteiger partial charge is 0.257 e. The van der Waals surface area contributed by atoms with Crippen molar-refractivity contribution in [2.75, 3.05) is 13.1 Å². The second-order valence-corrected chi connectivity index (χ2v) is 4.89. The minimum absolute atomic E-state index is 0.151. The van der Waals surface area contributed by atoms with Crippen molar-refractivity contribution in [1.29, 1.82) is 0 Å². The van der Waals surface area contributed by atoms with E-state index in [4.69, 9.17) is 4.52 Å². The fourth-order valence-electron chi connectivity index (χ4n) is 2.29. The van der Waals surface area contributed by atoms with Gasteiger partial charge in [0.25, 0.3) is 5.89 Å². The summed E-state index contributed by atoms with van der Waals surface area (Å²) in [5, 5.41) is 13.5. The molecule has 1 aliphatic heterocycles. The molecule has 1 N–H and O–H groups in total. The van der Waals surface area contributed by atoms with E-state index in [-0.39, 0.29) is 6.10 Å². The van der Waals surface area contributed by atoms with E-state index in [9.17, 15) is 5.11 Å². The van der Waals surface area contributed by atoms with Crippen molar-refractivity contribution < 1.29 is 9.63 Å². The highest BCUT2D eigenvalue weighted by molar-refractivity contribution is 5.51. The molecule has 1 aliphatic rings. The average Bonchev–Trinajstić information content (AvgIpc) is 2.91. The number of nitrogens with zero attached hydrogens (tertiary/aromatic N) is 3. The molecular formula is C14H17N3O2. The Labute approximate surface area is 111 Å². The van der Waals surface area contributed by atoms with Crippen LogP contribution in [-0.4, -0.2) is 39.3 Å². The topological polar surface area (TPSA) is 62.4 Å². The second-order valence-electron chi connectivity index (χ2n) is 4.89. The molecule has 0 saturated carbocycles. The molecule has 5 nitrogen and oxygen atoms in total. The first-order valence-electron chi connectivity index (χ1n) is 6.60. The van der Waals surface area contributed by atoms with Crippen LogP contribution in [0.25, 0.3) is 11.5 Å². The van der Waals surface area contributed by atoms with E-state index in [0.717, 1.165) is 31.5 Å². The molecule has 0 unspecified atom stereocenters. The zero-order valence-electron chi connectivity index (χ0n) is 10.7. The van der Waals surface area contributed by atoms with Gasteiger partial charge in [-0.2, -0.15) is 4.98 Å². The van der Waals surface area contributed by atoms with Crippen LogP contribution in [0.3, 0.4) is 0 Å². The van der Waals surface area contributed by atoms with Gasteiger partial charge < -0.3 is 9.63 Å². The molecule has 1 saturated heterocycles. The Morgan fingerprint density at radius 2 is 1.95 bits per heavy atom. The summed E-state index contributed by atoms with van der Waals surface area (Å²) in [7, 11) is 0. The number of piperidine rings is 1.